The van der Waals surface area contributed by atoms with Crippen LogP contribution in [0.3, 0.4) is 0 Å². The summed E-state index contributed by atoms with van der Waals surface area (Å²) in [6, 6.07) is 14.1. The zero-order valence-electron chi connectivity index (χ0n) is 14.8. The minimum atomic E-state index is -3.69. The van der Waals surface area contributed by atoms with Crippen molar-refractivity contribution in [2.45, 2.75) is 34.9 Å². The van der Waals surface area contributed by atoms with Crippen molar-refractivity contribution in [1.82, 2.24) is 5.32 Å². The predicted molar refractivity (Wildman–Crippen MR) is 105 cm³/mol. The first-order chi connectivity index (χ1) is 12.9. The number of hydrogen-bond acceptors (Lipinski definition) is 5. The van der Waals surface area contributed by atoms with Gasteiger partial charge in [-0.05, 0) is 30.7 Å². The summed E-state index contributed by atoms with van der Waals surface area (Å²) in [6.07, 6.45) is -0.132. The van der Waals surface area contributed by atoms with Gasteiger partial charge in [0.15, 0.2) is 9.84 Å². The average molecular weight is 405 g/mol. The van der Waals surface area contributed by atoms with Crippen molar-refractivity contribution in [2.24, 2.45) is 0 Å². The number of fused-ring (bicyclic) bond motifs is 1. The summed E-state index contributed by atoms with van der Waals surface area (Å²) in [6.45, 7) is 1.87. The Hall–Kier alpha value is -2.32. The van der Waals surface area contributed by atoms with E-state index in [1.807, 2.05) is 30.3 Å². The maximum absolute atomic E-state index is 12.8. The Morgan fingerprint density at radius 2 is 1.96 bits per heavy atom. The van der Waals surface area contributed by atoms with Gasteiger partial charge in [-0.2, -0.15) is 0 Å². The molecule has 2 aromatic carbocycles. The van der Waals surface area contributed by atoms with E-state index in [0.29, 0.717) is 18.0 Å². The number of hydrogen-bond donors (Lipinski definition) is 2. The third kappa shape index (κ3) is 4.70. The molecule has 0 saturated heterocycles. The lowest BCUT2D eigenvalue weighted by Gasteiger charge is -2.18. The van der Waals surface area contributed by atoms with Crippen LogP contribution in [0.15, 0.2) is 58.3 Å². The van der Waals surface area contributed by atoms with Crippen LogP contribution >= 0.6 is 11.8 Å². The quantitative estimate of drug-likeness (QED) is 0.772. The molecule has 1 aliphatic rings. The second-order valence-electron chi connectivity index (χ2n) is 6.32. The molecule has 0 bridgehead atoms. The van der Waals surface area contributed by atoms with Crippen LogP contribution in [-0.4, -0.2) is 31.2 Å². The number of amides is 2. The van der Waals surface area contributed by atoms with Crippen molar-refractivity contribution in [3.63, 3.8) is 0 Å². The Morgan fingerprint density at radius 3 is 2.70 bits per heavy atom. The van der Waals surface area contributed by atoms with E-state index in [4.69, 9.17) is 0 Å². The first-order valence-corrected chi connectivity index (χ1v) is 11.0. The molecule has 142 valence electrons. The Morgan fingerprint density at radius 1 is 1.22 bits per heavy atom. The first-order valence-electron chi connectivity index (χ1n) is 8.47. The van der Waals surface area contributed by atoms with E-state index in [1.54, 1.807) is 6.07 Å². The predicted octanol–water partition coefficient (Wildman–Crippen LogP) is 2.60. The van der Waals surface area contributed by atoms with Gasteiger partial charge in [-0.3, -0.25) is 9.59 Å². The summed E-state index contributed by atoms with van der Waals surface area (Å²) in [5.41, 5.74) is 1.45. The van der Waals surface area contributed by atoms with E-state index in [9.17, 15) is 18.0 Å². The zero-order valence-corrected chi connectivity index (χ0v) is 16.4. The summed E-state index contributed by atoms with van der Waals surface area (Å²) in [5, 5.41) is 4.56. The number of anilines is 1. The monoisotopic (exact) mass is 404 g/mol. The van der Waals surface area contributed by atoms with Gasteiger partial charge < -0.3 is 10.6 Å². The number of carbonyl (C=O) groups excluding carboxylic acids is 2. The fourth-order valence-electron chi connectivity index (χ4n) is 2.71. The smallest absolute Gasteiger partial charge is 0.234 e. The second kappa shape index (κ2) is 8.14. The Kier molecular flexibility index (Phi) is 5.86. The van der Waals surface area contributed by atoms with E-state index < -0.39 is 15.1 Å². The summed E-state index contributed by atoms with van der Waals surface area (Å²) in [5.74, 6) is -0.163. The lowest BCUT2D eigenvalue weighted by molar-refractivity contribution is -0.121. The van der Waals surface area contributed by atoms with Crippen LogP contribution < -0.4 is 10.6 Å². The van der Waals surface area contributed by atoms with Gasteiger partial charge in [0.2, 0.25) is 11.8 Å². The summed E-state index contributed by atoms with van der Waals surface area (Å²) in [7, 11) is -3.69. The maximum atomic E-state index is 12.8. The molecule has 6 nitrogen and oxygen atoms in total. The minimum Gasteiger partial charge on any atom is -0.352 e. The highest BCUT2D eigenvalue weighted by Crippen LogP contribution is 2.34. The molecule has 0 fully saturated rings. The van der Waals surface area contributed by atoms with Crippen LogP contribution in [0.1, 0.15) is 18.9 Å². The second-order valence-corrected chi connectivity index (χ2v) is 9.70. The number of thioether (sulfide) groups is 1. The molecule has 2 aromatic rings. The summed E-state index contributed by atoms with van der Waals surface area (Å²) < 4.78 is 25.6. The number of rotatable bonds is 6. The van der Waals surface area contributed by atoms with Crippen LogP contribution in [0.5, 0.6) is 0 Å². The highest BCUT2D eigenvalue weighted by atomic mass is 32.2. The van der Waals surface area contributed by atoms with Gasteiger partial charge in [-0.25, -0.2) is 8.42 Å². The molecule has 0 spiro atoms. The van der Waals surface area contributed by atoms with Crippen LogP contribution in [0.25, 0.3) is 0 Å². The fraction of sp³-hybridized carbons (Fsp3) is 0.263. The molecule has 1 aliphatic heterocycles. The molecule has 0 aromatic heterocycles. The molecular formula is C19H20N2O4S2. The molecule has 1 atom stereocenters. The Balaban J connectivity index is 1.66. The number of carbonyl (C=O) groups is 2. The van der Waals surface area contributed by atoms with E-state index in [0.717, 1.165) is 10.5 Å². The van der Waals surface area contributed by atoms with Crippen LogP contribution in [0, 0.1) is 0 Å². The molecule has 3 rings (SSSR count). The highest BCUT2D eigenvalue weighted by Gasteiger charge is 2.27. The van der Waals surface area contributed by atoms with Crippen molar-refractivity contribution in [3.8, 4) is 0 Å². The van der Waals surface area contributed by atoms with Crippen LogP contribution in [0.2, 0.25) is 0 Å². The van der Waals surface area contributed by atoms with Gasteiger partial charge in [0, 0.05) is 17.9 Å². The standard InChI is InChI=1S/C19H20N2O4S2/c1-13(9-18(22)20-11-14-5-3-2-4-6-14)27(24,25)15-7-8-17-16(10-15)21-19(23)12-26-17/h2-8,10,13H,9,11-12H2,1H3,(H,20,22)(H,21,23). The molecule has 0 radical (unpaired) electrons. The molecule has 1 heterocycles. The summed E-state index contributed by atoms with van der Waals surface area (Å²) >= 11 is 1.37. The van der Waals surface area contributed by atoms with E-state index in [1.165, 1.54) is 30.8 Å². The third-order valence-electron chi connectivity index (χ3n) is 4.25. The molecule has 1 unspecified atom stereocenters. The van der Waals surface area contributed by atoms with E-state index in [2.05, 4.69) is 10.6 Å². The minimum absolute atomic E-state index is 0.104. The van der Waals surface area contributed by atoms with E-state index >= 15 is 0 Å². The SMILES string of the molecule is CC(CC(=O)NCc1ccccc1)S(=O)(=O)c1ccc2c(c1)NC(=O)CS2. The van der Waals surface area contributed by atoms with Crippen molar-refractivity contribution in [3.05, 3.63) is 54.1 Å². The topological polar surface area (TPSA) is 92.3 Å². The summed E-state index contributed by atoms with van der Waals surface area (Å²) in [4.78, 5) is 24.6. The molecule has 8 heteroatoms. The number of nitrogens with one attached hydrogen (secondary N) is 2. The molecule has 2 amide bonds. The molecular weight excluding hydrogens is 384 g/mol. The molecule has 0 aliphatic carbocycles. The molecule has 0 saturated carbocycles. The van der Waals surface area contributed by atoms with Crippen molar-refractivity contribution in [2.75, 3.05) is 11.1 Å². The van der Waals surface area contributed by atoms with Gasteiger partial charge in [0.25, 0.3) is 0 Å². The zero-order chi connectivity index (χ0) is 19.4. The van der Waals surface area contributed by atoms with Crippen LogP contribution in [-0.2, 0) is 26.0 Å². The number of sulfone groups is 1. The van der Waals surface area contributed by atoms with Gasteiger partial charge in [-0.15, -0.1) is 11.8 Å². The molecule has 27 heavy (non-hydrogen) atoms. The van der Waals surface area contributed by atoms with Gasteiger partial charge in [0.1, 0.15) is 0 Å². The van der Waals surface area contributed by atoms with Gasteiger partial charge in [0.05, 0.1) is 21.6 Å². The molecule has 2 N–H and O–H groups in total. The largest absolute Gasteiger partial charge is 0.352 e. The Bertz CT molecular complexity index is 959. The van der Waals surface area contributed by atoms with Crippen molar-refractivity contribution in [1.29, 1.82) is 0 Å². The maximum Gasteiger partial charge on any atom is 0.234 e. The lowest BCUT2D eigenvalue weighted by Crippen LogP contribution is -2.30. The lowest BCUT2D eigenvalue weighted by atomic mass is 10.2. The van der Waals surface area contributed by atoms with Gasteiger partial charge in [-0.1, -0.05) is 30.3 Å². The van der Waals surface area contributed by atoms with E-state index in [-0.39, 0.29) is 23.1 Å². The van der Waals surface area contributed by atoms with Crippen molar-refractivity contribution >= 4 is 39.1 Å². The first kappa shape index (κ1) is 19.4. The van der Waals surface area contributed by atoms with Crippen LogP contribution in [0.4, 0.5) is 5.69 Å². The van der Waals surface area contributed by atoms with Gasteiger partial charge >= 0.3 is 0 Å². The van der Waals surface area contributed by atoms with Crippen molar-refractivity contribution < 1.29 is 18.0 Å². The highest BCUT2D eigenvalue weighted by molar-refractivity contribution is 8.00. The number of benzene rings is 2. The Labute approximate surface area is 162 Å². The normalized spacial score (nSPS) is 14.8. The third-order valence-corrected chi connectivity index (χ3v) is 7.46. The fourth-order valence-corrected chi connectivity index (χ4v) is 4.87. The average Bonchev–Trinajstić information content (AvgIpc) is 2.66.